The molecule has 0 spiro atoms. The van der Waals surface area contributed by atoms with E-state index in [1.54, 1.807) is 0 Å². The summed E-state index contributed by atoms with van der Waals surface area (Å²) in [5, 5.41) is 0. The van der Waals surface area contributed by atoms with Gasteiger partial charge in [0.1, 0.15) is 0 Å². The van der Waals surface area contributed by atoms with Crippen molar-refractivity contribution in [3.8, 4) is 0 Å². The summed E-state index contributed by atoms with van der Waals surface area (Å²) in [6, 6.07) is 0. The molecule has 0 fully saturated rings. The molecule has 0 aliphatic heterocycles. The van der Waals surface area contributed by atoms with Gasteiger partial charge in [-0.2, -0.15) is 0 Å². The van der Waals surface area contributed by atoms with Gasteiger partial charge in [0.05, 0.1) is 0 Å². The first-order chi connectivity index (χ1) is 1.41. The molecule has 0 aromatic carbocycles. The summed E-state index contributed by atoms with van der Waals surface area (Å²) in [6.45, 7) is 0. The van der Waals surface area contributed by atoms with Gasteiger partial charge in [-0.05, 0) is 0 Å². The number of hydrogen-bond acceptors (Lipinski definition) is 1. The molecule has 0 aromatic rings. The fourth-order valence-corrected chi connectivity index (χ4v) is 0. The van der Waals surface area contributed by atoms with Gasteiger partial charge in [0.25, 0.3) is 0 Å². The molecule has 0 bridgehead atoms. The van der Waals surface area contributed by atoms with Gasteiger partial charge in [-0.1, -0.05) is 0 Å². The van der Waals surface area contributed by atoms with Gasteiger partial charge in [0, 0.05) is 21.1 Å². The van der Waals surface area contributed by atoms with Crippen molar-refractivity contribution in [3.63, 3.8) is 0 Å². The maximum atomic E-state index is 8.46. The van der Waals surface area contributed by atoms with Crippen LogP contribution in [0.4, 0.5) is 0 Å². The van der Waals surface area contributed by atoms with Gasteiger partial charge in [-0.3, -0.25) is 0 Å². The summed E-state index contributed by atoms with van der Waals surface area (Å²) in [7, 11) is -0.833. The Morgan fingerprint density at radius 2 is 1.75 bits per heavy atom. The number of rotatable bonds is 0. The summed E-state index contributed by atoms with van der Waals surface area (Å²) >= 11 is 0. The van der Waals surface area contributed by atoms with Gasteiger partial charge < -0.3 is 4.89 Å². The molecule has 0 saturated carbocycles. The Bertz CT molecular complexity index is 13.5. The normalized spacial score (nSPS) is 5.25. The van der Waals surface area contributed by atoms with E-state index in [9.17, 15) is 0 Å². The average Bonchev–Trinajstić information content (AvgIpc) is 0.918. The SMILES string of the molecule is O=PO.[Mo]. The Hall–Kier alpha value is 0.748. The van der Waals surface area contributed by atoms with Crippen molar-refractivity contribution < 1.29 is 30.5 Å². The second-order valence-corrected chi connectivity index (χ2v) is 0.245. The molecule has 0 aliphatic rings. The van der Waals surface area contributed by atoms with E-state index in [4.69, 9.17) is 9.46 Å². The Kier molecular flexibility index (Phi) is 20.5. The molecule has 0 amide bonds. The molecule has 0 heterocycles. The number of hydrogen-bond donors (Lipinski definition) is 1. The smallest absolute Gasteiger partial charge is 0.310 e. The van der Waals surface area contributed by atoms with Crippen molar-refractivity contribution in [3.05, 3.63) is 0 Å². The third kappa shape index (κ3) is 15.0. The maximum Gasteiger partial charge on any atom is 0.324 e. The minimum absolute atomic E-state index is 0. The van der Waals surface area contributed by atoms with Gasteiger partial charge in [0.15, 0.2) is 0 Å². The fraction of sp³-hybridized carbons (Fsp3) is 0. The predicted molar refractivity (Wildman–Crippen MR) is 9.83 cm³/mol. The molecule has 4 heavy (non-hydrogen) atoms. The van der Waals surface area contributed by atoms with Crippen molar-refractivity contribution in [2.24, 2.45) is 0 Å². The average molecular weight is 160 g/mol. The Morgan fingerprint density at radius 3 is 1.75 bits per heavy atom. The molecule has 0 rings (SSSR count). The summed E-state index contributed by atoms with van der Waals surface area (Å²) in [4.78, 5) is 6.99. The molecule has 2 nitrogen and oxygen atoms in total. The van der Waals surface area contributed by atoms with E-state index in [0.29, 0.717) is 0 Å². The van der Waals surface area contributed by atoms with Crippen LogP contribution in [-0.4, -0.2) is 4.89 Å². The zero-order valence-electron chi connectivity index (χ0n) is 1.71. The molecule has 4 heteroatoms. The minimum atomic E-state index is -0.833. The topological polar surface area (TPSA) is 37.3 Å². The first-order valence-electron chi connectivity index (χ1n) is 0.383. The molecule has 1 N–H and O–H groups in total. The summed E-state index contributed by atoms with van der Waals surface area (Å²) < 4.78 is 8.46. The minimum Gasteiger partial charge on any atom is -0.310 e. The van der Waals surface area contributed by atoms with Crippen LogP contribution in [0, 0.1) is 0 Å². The van der Waals surface area contributed by atoms with Crippen molar-refractivity contribution >= 4 is 8.69 Å². The molecule has 0 saturated heterocycles. The zero-order chi connectivity index (χ0) is 2.71. The summed E-state index contributed by atoms with van der Waals surface area (Å²) in [6.07, 6.45) is 0. The first-order valence-corrected chi connectivity index (χ1v) is 1.15. The van der Waals surface area contributed by atoms with Crippen LogP contribution >= 0.6 is 8.69 Å². The summed E-state index contributed by atoms with van der Waals surface area (Å²) in [5.41, 5.74) is 0. The van der Waals surface area contributed by atoms with Gasteiger partial charge in [-0.15, -0.1) is 0 Å². The van der Waals surface area contributed by atoms with Gasteiger partial charge in [0.2, 0.25) is 0 Å². The predicted octanol–water partition coefficient (Wildman–Crippen LogP) is 0.183. The van der Waals surface area contributed by atoms with E-state index >= 15 is 0 Å². The van der Waals surface area contributed by atoms with E-state index in [2.05, 4.69) is 0 Å². The van der Waals surface area contributed by atoms with Crippen LogP contribution in [0.1, 0.15) is 0 Å². The standard InChI is InChI=1S/Mo.HO2P/c;1-3-2/h;(H,1,2). The van der Waals surface area contributed by atoms with E-state index in [1.807, 2.05) is 0 Å². The van der Waals surface area contributed by atoms with Crippen LogP contribution in [0.3, 0.4) is 0 Å². The molecular weight excluding hydrogens is 159 g/mol. The molecule has 24 valence electrons. The Labute approximate surface area is 39.8 Å². The van der Waals surface area contributed by atoms with E-state index in [1.165, 1.54) is 0 Å². The van der Waals surface area contributed by atoms with E-state index in [0.717, 1.165) is 0 Å². The third-order valence-electron chi connectivity index (χ3n) is 0. The molecule has 0 radical (unpaired) electrons. The van der Waals surface area contributed by atoms with Crippen molar-refractivity contribution in [2.75, 3.05) is 0 Å². The van der Waals surface area contributed by atoms with Crippen molar-refractivity contribution in [2.45, 2.75) is 0 Å². The molecule has 0 atom stereocenters. The van der Waals surface area contributed by atoms with Crippen LogP contribution in [0.25, 0.3) is 0 Å². The zero-order valence-corrected chi connectivity index (χ0v) is 4.61. The third-order valence-corrected chi connectivity index (χ3v) is 0. The van der Waals surface area contributed by atoms with Gasteiger partial charge in [-0.25, -0.2) is 4.57 Å². The molecular formula is HMoO2P. The van der Waals surface area contributed by atoms with Crippen LogP contribution in [0.2, 0.25) is 0 Å². The summed E-state index contributed by atoms with van der Waals surface area (Å²) in [5.74, 6) is 0. The van der Waals surface area contributed by atoms with E-state index < -0.39 is 8.69 Å². The molecule has 0 unspecified atom stereocenters. The van der Waals surface area contributed by atoms with Crippen LogP contribution in [-0.2, 0) is 25.6 Å². The molecule has 0 aliphatic carbocycles. The quantitative estimate of drug-likeness (QED) is 0.405. The fourth-order valence-electron chi connectivity index (χ4n) is 0. The van der Waals surface area contributed by atoms with Crippen molar-refractivity contribution in [1.82, 2.24) is 0 Å². The molecule has 0 aromatic heterocycles. The van der Waals surface area contributed by atoms with Crippen LogP contribution in [0.5, 0.6) is 0 Å². The second-order valence-electron chi connectivity index (χ2n) is 0.0816. The largest absolute Gasteiger partial charge is 0.324 e. The van der Waals surface area contributed by atoms with Crippen LogP contribution < -0.4 is 0 Å². The Balaban J connectivity index is 0. The van der Waals surface area contributed by atoms with Crippen LogP contribution in [0.15, 0.2) is 0 Å². The monoisotopic (exact) mass is 162 g/mol. The van der Waals surface area contributed by atoms with Gasteiger partial charge >= 0.3 is 8.69 Å². The first kappa shape index (κ1) is 8.83. The second kappa shape index (κ2) is 9.26. The Morgan fingerprint density at radius 1 is 1.75 bits per heavy atom. The maximum absolute atomic E-state index is 8.46. The van der Waals surface area contributed by atoms with Crippen molar-refractivity contribution in [1.29, 1.82) is 0 Å². The van der Waals surface area contributed by atoms with E-state index in [-0.39, 0.29) is 21.1 Å².